The first-order valence-corrected chi connectivity index (χ1v) is 7.68. The van der Waals surface area contributed by atoms with E-state index in [0.717, 1.165) is 45.3 Å². The second-order valence-corrected chi connectivity index (χ2v) is 5.94. The topological polar surface area (TPSA) is 102 Å². The maximum atomic E-state index is 12.4. The third-order valence-electron chi connectivity index (χ3n) is 4.42. The Balaban J connectivity index is 1.98. The number of carbonyl (C=O) groups is 2. The minimum atomic E-state index is -1.24. The lowest BCUT2D eigenvalue weighted by Crippen LogP contribution is -2.55. The largest absolute Gasteiger partial charge is 0.480 e. The van der Waals surface area contributed by atoms with Crippen LogP contribution in [-0.4, -0.2) is 70.9 Å². The van der Waals surface area contributed by atoms with Gasteiger partial charge in [-0.3, -0.25) is 9.69 Å². The summed E-state index contributed by atoms with van der Waals surface area (Å²) in [5.41, 5.74) is 0. The van der Waals surface area contributed by atoms with Gasteiger partial charge in [0.25, 0.3) is 0 Å². The molecule has 21 heavy (non-hydrogen) atoms. The van der Waals surface area contributed by atoms with E-state index >= 15 is 0 Å². The number of aliphatic hydroxyl groups is 1. The first-order chi connectivity index (χ1) is 10.0. The second kappa shape index (κ2) is 7.20. The molecule has 0 aromatic rings. The summed E-state index contributed by atoms with van der Waals surface area (Å²) in [5, 5.41) is 24.3. The minimum Gasteiger partial charge on any atom is -0.480 e. The van der Waals surface area contributed by atoms with Gasteiger partial charge in [0.05, 0.1) is 12.1 Å². The Morgan fingerprint density at radius 1 is 1.29 bits per heavy atom. The van der Waals surface area contributed by atoms with Crippen LogP contribution < -0.4 is 10.6 Å². The third kappa shape index (κ3) is 3.93. The number of carboxylic acid groups (broad SMARTS) is 1. The number of carbonyl (C=O) groups excluding carboxylic acids is 1. The van der Waals surface area contributed by atoms with Crippen LogP contribution in [0, 0.1) is 0 Å². The summed E-state index contributed by atoms with van der Waals surface area (Å²) in [5.74, 6) is -1.48. The quantitative estimate of drug-likeness (QED) is 0.528. The standard InChI is InChI=1S/C14H25N3O4/c1-9(18)12(14(20)21)16-13(19)11-3-2-8-17(11)10-4-6-15-7-5-10/h9-12,15,18H,2-8H2,1H3,(H,16,19)(H,20,21). The fourth-order valence-electron chi connectivity index (χ4n) is 3.28. The number of hydrogen-bond donors (Lipinski definition) is 4. The summed E-state index contributed by atoms with van der Waals surface area (Å²) < 4.78 is 0. The zero-order chi connectivity index (χ0) is 15.4. The van der Waals surface area contributed by atoms with Crippen LogP contribution in [0.2, 0.25) is 0 Å². The van der Waals surface area contributed by atoms with Gasteiger partial charge in [-0.2, -0.15) is 0 Å². The fourth-order valence-corrected chi connectivity index (χ4v) is 3.28. The number of nitrogens with zero attached hydrogens (tertiary/aromatic N) is 1. The van der Waals surface area contributed by atoms with E-state index in [1.165, 1.54) is 6.92 Å². The molecule has 0 aromatic carbocycles. The van der Waals surface area contributed by atoms with Crippen molar-refractivity contribution in [3.8, 4) is 0 Å². The van der Waals surface area contributed by atoms with Gasteiger partial charge in [0.1, 0.15) is 0 Å². The van der Waals surface area contributed by atoms with Crippen LogP contribution in [0.4, 0.5) is 0 Å². The first kappa shape index (κ1) is 16.2. The number of aliphatic hydroxyl groups excluding tert-OH is 1. The van der Waals surface area contributed by atoms with Crippen LogP contribution in [0.5, 0.6) is 0 Å². The summed E-state index contributed by atoms with van der Waals surface area (Å²) in [7, 11) is 0. The Bertz CT molecular complexity index is 382. The van der Waals surface area contributed by atoms with Crippen LogP contribution in [0.3, 0.4) is 0 Å². The summed E-state index contributed by atoms with van der Waals surface area (Å²) in [6.45, 7) is 4.18. The van der Waals surface area contributed by atoms with E-state index in [9.17, 15) is 14.7 Å². The summed E-state index contributed by atoms with van der Waals surface area (Å²) in [6.07, 6.45) is 2.63. The van der Waals surface area contributed by atoms with E-state index in [0.29, 0.717) is 6.04 Å². The van der Waals surface area contributed by atoms with E-state index in [-0.39, 0.29) is 11.9 Å². The van der Waals surface area contributed by atoms with Gasteiger partial charge in [-0.1, -0.05) is 0 Å². The van der Waals surface area contributed by atoms with Gasteiger partial charge in [0.2, 0.25) is 5.91 Å². The van der Waals surface area contributed by atoms with Gasteiger partial charge in [0.15, 0.2) is 6.04 Å². The van der Waals surface area contributed by atoms with Gasteiger partial charge >= 0.3 is 5.97 Å². The van der Waals surface area contributed by atoms with Gasteiger partial charge < -0.3 is 20.8 Å². The van der Waals surface area contributed by atoms with Crippen LogP contribution in [0.1, 0.15) is 32.6 Å². The molecule has 3 atom stereocenters. The van der Waals surface area contributed by atoms with Crippen LogP contribution in [0.15, 0.2) is 0 Å². The molecule has 0 spiro atoms. The fraction of sp³-hybridized carbons (Fsp3) is 0.857. The molecular formula is C14H25N3O4. The molecule has 4 N–H and O–H groups in total. The molecule has 2 aliphatic heterocycles. The summed E-state index contributed by atoms with van der Waals surface area (Å²) in [4.78, 5) is 25.7. The highest BCUT2D eigenvalue weighted by Gasteiger charge is 2.37. The molecule has 0 radical (unpaired) electrons. The highest BCUT2D eigenvalue weighted by Crippen LogP contribution is 2.24. The SMILES string of the molecule is CC(O)C(NC(=O)C1CCCN1C1CCNCC1)C(=O)O. The molecule has 2 fully saturated rings. The second-order valence-electron chi connectivity index (χ2n) is 5.94. The van der Waals surface area contributed by atoms with E-state index in [4.69, 9.17) is 5.11 Å². The van der Waals surface area contributed by atoms with E-state index < -0.39 is 18.1 Å². The average Bonchev–Trinajstić information content (AvgIpc) is 2.94. The van der Waals surface area contributed by atoms with Crippen molar-refractivity contribution in [3.63, 3.8) is 0 Å². The molecule has 0 aromatic heterocycles. The van der Waals surface area contributed by atoms with E-state index in [1.807, 2.05) is 0 Å². The lowest BCUT2D eigenvalue weighted by Gasteiger charge is -2.35. The monoisotopic (exact) mass is 299 g/mol. The number of aliphatic carboxylic acids is 1. The molecule has 120 valence electrons. The maximum Gasteiger partial charge on any atom is 0.328 e. The molecule has 2 aliphatic rings. The first-order valence-electron chi connectivity index (χ1n) is 7.68. The molecule has 3 unspecified atom stereocenters. The molecule has 2 rings (SSSR count). The Kier molecular flexibility index (Phi) is 5.55. The van der Waals surface area contributed by atoms with Crippen molar-refractivity contribution in [2.24, 2.45) is 0 Å². The molecule has 2 saturated heterocycles. The molecule has 1 amide bonds. The molecule has 0 bridgehead atoms. The Labute approximate surface area is 124 Å². The number of amides is 1. The highest BCUT2D eigenvalue weighted by molar-refractivity contribution is 5.87. The molecule has 2 heterocycles. The van der Waals surface area contributed by atoms with E-state index in [2.05, 4.69) is 15.5 Å². The Morgan fingerprint density at radius 2 is 1.95 bits per heavy atom. The predicted octanol–water partition coefficient (Wildman–Crippen LogP) is -0.847. The zero-order valence-electron chi connectivity index (χ0n) is 12.4. The van der Waals surface area contributed by atoms with Crippen molar-refractivity contribution in [1.82, 2.24) is 15.5 Å². The molecule has 7 heteroatoms. The van der Waals surface area contributed by atoms with Crippen LogP contribution in [-0.2, 0) is 9.59 Å². The van der Waals surface area contributed by atoms with Crippen molar-refractivity contribution >= 4 is 11.9 Å². The van der Waals surface area contributed by atoms with Crippen molar-refractivity contribution in [1.29, 1.82) is 0 Å². The van der Waals surface area contributed by atoms with Gasteiger partial charge in [-0.15, -0.1) is 0 Å². The van der Waals surface area contributed by atoms with Crippen molar-refractivity contribution in [2.45, 2.75) is 56.8 Å². The number of piperidine rings is 1. The number of carboxylic acids is 1. The third-order valence-corrected chi connectivity index (χ3v) is 4.42. The number of hydrogen-bond acceptors (Lipinski definition) is 5. The van der Waals surface area contributed by atoms with Crippen LogP contribution >= 0.6 is 0 Å². The van der Waals surface area contributed by atoms with Crippen molar-refractivity contribution in [2.75, 3.05) is 19.6 Å². The number of nitrogens with one attached hydrogen (secondary N) is 2. The number of likely N-dealkylation sites (tertiary alicyclic amines) is 1. The summed E-state index contributed by atoms with van der Waals surface area (Å²) in [6, 6.07) is -1.12. The van der Waals surface area contributed by atoms with Crippen molar-refractivity contribution < 1.29 is 19.8 Å². The highest BCUT2D eigenvalue weighted by atomic mass is 16.4. The normalized spacial score (nSPS) is 27.2. The van der Waals surface area contributed by atoms with E-state index in [1.54, 1.807) is 0 Å². The predicted molar refractivity (Wildman–Crippen MR) is 76.9 cm³/mol. The summed E-state index contributed by atoms with van der Waals surface area (Å²) >= 11 is 0. The van der Waals surface area contributed by atoms with Gasteiger partial charge in [-0.25, -0.2) is 4.79 Å². The van der Waals surface area contributed by atoms with Crippen molar-refractivity contribution in [3.05, 3.63) is 0 Å². The smallest absolute Gasteiger partial charge is 0.328 e. The lowest BCUT2D eigenvalue weighted by molar-refractivity contribution is -0.145. The maximum absolute atomic E-state index is 12.4. The zero-order valence-corrected chi connectivity index (χ0v) is 12.4. The molecule has 0 saturated carbocycles. The Hall–Kier alpha value is -1.18. The van der Waals surface area contributed by atoms with Gasteiger partial charge in [0, 0.05) is 6.04 Å². The lowest BCUT2D eigenvalue weighted by atomic mass is 10.0. The Morgan fingerprint density at radius 3 is 2.52 bits per heavy atom. The number of rotatable bonds is 5. The van der Waals surface area contributed by atoms with Gasteiger partial charge in [-0.05, 0) is 52.2 Å². The molecule has 0 aliphatic carbocycles. The minimum absolute atomic E-state index is 0.270. The molecular weight excluding hydrogens is 274 g/mol. The average molecular weight is 299 g/mol. The van der Waals surface area contributed by atoms with Crippen LogP contribution in [0.25, 0.3) is 0 Å². The molecule has 7 nitrogen and oxygen atoms in total.